The third kappa shape index (κ3) is 4.17. The standard InChI is InChI=1S/C23H25N3O5S/c27-23(9-13-32(28,29)17-6-8-20-21(15-17)31-12-11-30-20)24-16-5-7-19-18(14-16)25-22-4-2-1-3-10-26(19)22/h5-8,14-15H,1-4,9-13H2,(H,24,27). The molecule has 0 spiro atoms. The topological polar surface area (TPSA) is 99.5 Å². The van der Waals surface area contributed by atoms with Crippen LogP contribution in [0.25, 0.3) is 11.0 Å². The Morgan fingerprint density at radius 1 is 1.03 bits per heavy atom. The number of carbonyl (C=O) groups is 1. The highest BCUT2D eigenvalue weighted by molar-refractivity contribution is 7.91. The molecule has 0 radical (unpaired) electrons. The molecular formula is C23H25N3O5S. The second-order valence-corrected chi connectivity index (χ2v) is 10.2. The summed E-state index contributed by atoms with van der Waals surface area (Å²) in [6.45, 7) is 1.78. The van der Waals surface area contributed by atoms with Gasteiger partial charge in [0.25, 0.3) is 0 Å². The molecule has 2 aliphatic heterocycles. The summed E-state index contributed by atoms with van der Waals surface area (Å²) in [6.07, 6.45) is 4.33. The first-order valence-corrected chi connectivity index (χ1v) is 12.6. The minimum atomic E-state index is -3.63. The van der Waals surface area contributed by atoms with E-state index in [2.05, 4.69) is 9.88 Å². The van der Waals surface area contributed by atoms with E-state index in [0.29, 0.717) is 30.4 Å². The molecule has 0 aliphatic carbocycles. The van der Waals surface area contributed by atoms with Crippen molar-refractivity contribution in [3.63, 3.8) is 0 Å². The van der Waals surface area contributed by atoms with E-state index in [0.717, 1.165) is 42.7 Å². The summed E-state index contributed by atoms with van der Waals surface area (Å²) in [5.74, 6) is 1.38. The van der Waals surface area contributed by atoms with Gasteiger partial charge >= 0.3 is 0 Å². The molecule has 0 saturated carbocycles. The fourth-order valence-electron chi connectivity index (χ4n) is 4.21. The number of sulfone groups is 1. The Morgan fingerprint density at radius 2 is 1.88 bits per heavy atom. The fraction of sp³-hybridized carbons (Fsp3) is 0.391. The molecule has 9 heteroatoms. The van der Waals surface area contributed by atoms with Gasteiger partial charge in [0.05, 0.1) is 21.7 Å². The van der Waals surface area contributed by atoms with Crippen molar-refractivity contribution >= 4 is 32.5 Å². The van der Waals surface area contributed by atoms with Gasteiger partial charge in [-0.3, -0.25) is 4.79 Å². The molecule has 0 saturated heterocycles. The molecule has 0 fully saturated rings. The van der Waals surface area contributed by atoms with Gasteiger partial charge in [-0.25, -0.2) is 13.4 Å². The van der Waals surface area contributed by atoms with Gasteiger partial charge in [-0.05, 0) is 43.2 Å². The van der Waals surface area contributed by atoms with Crippen molar-refractivity contribution in [1.29, 1.82) is 0 Å². The second-order valence-electron chi connectivity index (χ2n) is 8.12. The molecule has 0 atom stereocenters. The van der Waals surface area contributed by atoms with Gasteiger partial charge in [0, 0.05) is 31.1 Å². The van der Waals surface area contributed by atoms with Crippen LogP contribution < -0.4 is 14.8 Å². The molecule has 2 aromatic carbocycles. The number of nitrogens with zero attached hydrogens (tertiary/aromatic N) is 2. The maximum Gasteiger partial charge on any atom is 0.225 e. The molecular weight excluding hydrogens is 430 g/mol. The lowest BCUT2D eigenvalue weighted by atomic mass is 10.2. The average molecular weight is 456 g/mol. The SMILES string of the molecule is O=C(CCS(=O)(=O)c1ccc2c(c1)OCCO2)Nc1ccc2c(c1)nc1n2CCCCC1. The fourth-order valence-corrected chi connectivity index (χ4v) is 5.46. The zero-order valence-corrected chi connectivity index (χ0v) is 18.5. The Balaban J connectivity index is 1.25. The first-order valence-electron chi connectivity index (χ1n) is 10.9. The Kier molecular flexibility index (Phi) is 5.50. The second kappa shape index (κ2) is 8.46. The van der Waals surface area contributed by atoms with Crippen LogP contribution in [0.5, 0.6) is 11.5 Å². The van der Waals surface area contributed by atoms with Crippen molar-refractivity contribution in [3.8, 4) is 11.5 Å². The summed E-state index contributed by atoms with van der Waals surface area (Å²) in [7, 11) is -3.63. The van der Waals surface area contributed by atoms with Crippen LogP contribution in [0.4, 0.5) is 5.69 Å². The van der Waals surface area contributed by atoms with Crippen LogP contribution in [0.15, 0.2) is 41.3 Å². The number of carbonyl (C=O) groups excluding carboxylic acids is 1. The number of aromatic nitrogens is 2. The van der Waals surface area contributed by atoms with Crippen molar-refractivity contribution in [2.75, 3.05) is 24.3 Å². The van der Waals surface area contributed by atoms with Crippen LogP contribution in [0.1, 0.15) is 31.5 Å². The molecule has 3 heterocycles. The lowest BCUT2D eigenvalue weighted by Crippen LogP contribution is -2.18. The number of hydrogen-bond acceptors (Lipinski definition) is 6. The minimum Gasteiger partial charge on any atom is -0.486 e. The molecule has 1 N–H and O–H groups in total. The van der Waals surface area contributed by atoms with Crippen LogP contribution in [-0.4, -0.2) is 42.8 Å². The van der Waals surface area contributed by atoms with Gasteiger partial charge in [0.2, 0.25) is 5.91 Å². The van der Waals surface area contributed by atoms with E-state index >= 15 is 0 Å². The van der Waals surface area contributed by atoms with Gasteiger partial charge in [-0.15, -0.1) is 0 Å². The molecule has 1 aromatic heterocycles. The van der Waals surface area contributed by atoms with Gasteiger partial charge in [0.15, 0.2) is 21.3 Å². The smallest absolute Gasteiger partial charge is 0.225 e. The number of rotatable bonds is 5. The van der Waals surface area contributed by atoms with Crippen LogP contribution in [0.3, 0.4) is 0 Å². The third-order valence-electron chi connectivity index (χ3n) is 5.86. The third-order valence-corrected chi connectivity index (χ3v) is 7.58. The van der Waals surface area contributed by atoms with Crippen molar-refractivity contribution in [3.05, 3.63) is 42.2 Å². The summed E-state index contributed by atoms with van der Waals surface area (Å²) in [4.78, 5) is 17.3. The largest absolute Gasteiger partial charge is 0.486 e. The summed E-state index contributed by atoms with van der Waals surface area (Å²) < 4.78 is 38.5. The normalized spacial score (nSPS) is 15.8. The Bertz CT molecular complexity index is 1280. The zero-order valence-electron chi connectivity index (χ0n) is 17.7. The van der Waals surface area contributed by atoms with Gasteiger partial charge < -0.3 is 19.4 Å². The molecule has 32 heavy (non-hydrogen) atoms. The van der Waals surface area contributed by atoms with E-state index in [1.807, 2.05) is 18.2 Å². The van der Waals surface area contributed by atoms with Crippen LogP contribution >= 0.6 is 0 Å². The van der Waals surface area contributed by atoms with E-state index in [4.69, 9.17) is 14.5 Å². The van der Waals surface area contributed by atoms with Crippen LogP contribution in [-0.2, 0) is 27.6 Å². The number of fused-ring (bicyclic) bond motifs is 4. The number of aryl methyl sites for hydroxylation is 2. The predicted octanol–water partition coefficient (Wildman–Crippen LogP) is 3.34. The molecule has 5 rings (SSSR count). The molecule has 0 bridgehead atoms. The van der Waals surface area contributed by atoms with Gasteiger partial charge in [-0.1, -0.05) is 6.42 Å². The van der Waals surface area contributed by atoms with Crippen molar-refractivity contribution < 1.29 is 22.7 Å². The maximum absolute atomic E-state index is 12.7. The summed E-state index contributed by atoms with van der Waals surface area (Å²) in [5.41, 5.74) is 2.54. The summed E-state index contributed by atoms with van der Waals surface area (Å²) in [5, 5.41) is 2.80. The van der Waals surface area contributed by atoms with Crippen molar-refractivity contribution in [2.45, 2.75) is 43.5 Å². The number of amides is 1. The molecule has 3 aromatic rings. The number of imidazole rings is 1. The number of hydrogen-bond donors (Lipinski definition) is 1. The van der Waals surface area contributed by atoms with E-state index in [9.17, 15) is 13.2 Å². The molecule has 168 valence electrons. The average Bonchev–Trinajstić information content (AvgIpc) is 2.97. The van der Waals surface area contributed by atoms with Crippen molar-refractivity contribution in [1.82, 2.24) is 9.55 Å². The highest BCUT2D eigenvalue weighted by Gasteiger charge is 2.21. The van der Waals surface area contributed by atoms with E-state index in [-0.39, 0.29) is 23.0 Å². The first-order chi connectivity index (χ1) is 15.5. The number of ether oxygens (including phenoxy) is 2. The Hall–Kier alpha value is -3.07. The quantitative estimate of drug-likeness (QED) is 0.634. The lowest BCUT2D eigenvalue weighted by Gasteiger charge is -2.18. The van der Waals surface area contributed by atoms with Gasteiger partial charge in [0.1, 0.15) is 19.0 Å². The van der Waals surface area contributed by atoms with Crippen LogP contribution in [0, 0.1) is 0 Å². The molecule has 0 unspecified atom stereocenters. The monoisotopic (exact) mass is 455 g/mol. The number of nitrogens with one attached hydrogen (secondary N) is 1. The van der Waals surface area contributed by atoms with Crippen LogP contribution in [0.2, 0.25) is 0 Å². The summed E-state index contributed by atoms with van der Waals surface area (Å²) >= 11 is 0. The number of benzene rings is 2. The lowest BCUT2D eigenvalue weighted by molar-refractivity contribution is -0.115. The minimum absolute atomic E-state index is 0.121. The van der Waals surface area contributed by atoms with E-state index < -0.39 is 9.84 Å². The Morgan fingerprint density at radius 3 is 2.75 bits per heavy atom. The van der Waals surface area contributed by atoms with E-state index in [1.165, 1.54) is 18.6 Å². The van der Waals surface area contributed by atoms with Crippen molar-refractivity contribution in [2.24, 2.45) is 0 Å². The highest BCUT2D eigenvalue weighted by Crippen LogP contribution is 2.32. The summed E-state index contributed by atoms with van der Waals surface area (Å²) in [6, 6.07) is 10.2. The van der Waals surface area contributed by atoms with Gasteiger partial charge in [-0.2, -0.15) is 0 Å². The maximum atomic E-state index is 12.7. The predicted molar refractivity (Wildman–Crippen MR) is 120 cm³/mol. The first kappa shape index (κ1) is 20.8. The zero-order chi connectivity index (χ0) is 22.1. The molecule has 1 amide bonds. The molecule has 8 nitrogen and oxygen atoms in total. The Labute approximate surface area is 186 Å². The van der Waals surface area contributed by atoms with E-state index in [1.54, 1.807) is 6.07 Å². The molecule has 2 aliphatic rings. The highest BCUT2D eigenvalue weighted by atomic mass is 32.2. The number of anilines is 1.